The summed E-state index contributed by atoms with van der Waals surface area (Å²) in [6.07, 6.45) is 11.7. The first-order valence-electron chi connectivity index (χ1n) is 9.30. The van der Waals surface area contributed by atoms with Gasteiger partial charge in [0.25, 0.3) is 0 Å². The summed E-state index contributed by atoms with van der Waals surface area (Å²) in [5, 5.41) is 2.27. The zero-order chi connectivity index (χ0) is 19.5. The van der Waals surface area contributed by atoms with E-state index in [-0.39, 0.29) is 0 Å². The molecule has 0 atom stereocenters. The molecular formula is C21H18N2S4Se2. The average Bonchev–Trinajstić information content (AvgIpc) is 3.47. The number of hydrogen-bond acceptors (Lipinski definition) is 6. The minimum absolute atomic E-state index is 0.471. The summed E-state index contributed by atoms with van der Waals surface area (Å²) < 4.78 is 6.38. The van der Waals surface area contributed by atoms with Crippen LogP contribution in [0.25, 0.3) is 0 Å². The number of hydrogen-bond donors (Lipinski definition) is 0. The van der Waals surface area contributed by atoms with Gasteiger partial charge in [-0.25, -0.2) is 0 Å². The van der Waals surface area contributed by atoms with Gasteiger partial charge < -0.3 is 0 Å². The van der Waals surface area contributed by atoms with Crippen molar-refractivity contribution in [3.05, 3.63) is 86.1 Å². The first-order chi connectivity index (χ1) is 14.3. The van der Waals surface area contributed by atoms with E-state index < -0.39 is 0 Å². The summed E-state index contributed by atoms with van der Waals surface area (Å²) in [6, 6.07) is 8.52. The molecule has 0 saturated carbocycles. The Hall–Kier alpha value is -0.0410. The predicted molar refractivity (Wildman–Crippen MR) is 133 cm³/mol. The topological polar surface area (TPSA) is 25.8 Å². The Kier molecular flexibility index (Phi) is 7.22. The Morgan fingerprint density at radius 1 is 0.724 bits per heavy atom. The van der Waals surface area contributed by atoms with Crippen molar-refractivity contribution in [1.29, 1.82) is 0 Å². The fourth-order valence-electron chi connectivity index (χ4n) is 3.03. The van der Waals surface area contributed by atoms with Crippen LogP contribution in [0.3, 0.4) is 0 Å². The van der Waals surface area contributed by atoms with Gasteiger partial charge in [0, 0.05) is 0 Å². The molecular weight excluding hydrogens is 566 g/mol. The molecule has 2 aromatic rings. The molecule has 0 amide bonds. The van der Waals surface area contributed by atoms with Crippen molar-refractivity contribution in [1.82, 2.24) is 9.97 Å². The molecule has 29 heavy (non-hydrogen) atoms. The molecule has 0 spiro atoms. The van der Waals surface area contributed by atoms with Gasteiger partial charge in [-0.15, -0.1) is 0 Å². The third-order valence-corrected chi connectivity index (χ3v) is 17.4. The Balaban J connectivity index is 1.31. The molecule has 0 fully saturated rings. The van der Waals surface area contributed by atoms with Gasteiger partial charge in [-0.05, 0) is 0 Å². The van der Waals surface area contributed by atoms with Crippen LogP contribution in [-0.4, -0.2) is 39.9 Å². The maximum absolute atomic E-state index is 4.29. The van der Waals surface area contributed by atoms with Gasteiger partial charge in [-0.3, -0.25) is 0 Å². The fourth-order valence-corrected chi connectivity index (χ4v) is 16.3. The molecule has 8 heteroatoms. The summed E-state index contributed by atoms with van der Waals surface area (Å²) in [6.45, 7) is 0. The second-order valence-electron chi connectivity index (χ2n) is 6.56. The molecule has 4 heterocycles. The molecule has 5 rings (SSSR count). The Labute approximate surface area is 201 Å². The summed E-state index contributed by atoms with van der Waals surface area (Å²) in [4.78, 5) is 11.9. The van der Waals surface area contributed by atoms with Crippen molar-refractivity contribution in [2.75, 3.05) is 0 Å². The SMILES string of the molecule is c1cncc(C[Se]C2=C([Se]Cc3cccnc3)SC(=C3SC4=C(CCC4)S3)S2)c1. The van der Waals surface area contributed by atoms with Crippen LogP contribution >= 0.6 is 47.0 Å². The molecule has 2 aliphatic heterocycles. The normalized spacial score (nSPS) is 18.9. The van der Waals surface area contributed by atoms with Gasteiger partial charge in [0.15, 0.2) is 0 Å². The third-order valence-electron chi connectivity index (χ3n) is 4.44. The van der Waals surface area contributed by atoms with E-state index in [1.54, 1.807) is 25.9 Å². The van der Waals surface area contributed by atoms with Crippen LogP contribution in [0.4, 0.5) is 0 Å². The number of aromatic nitrogens is 2. The van der Waals surface area contributed by atoms with Crippen molar-refractivity contribution in [2.24, 2.45) is 0 Å². The molecule has 0 radical (unpaired) electrons. The van der Waals surface area contributed by atoms with Crippen LogP contribution in [-0.2, 0) is 10.6 Å². The van der Waals surface area contributed by atoms with Gasteiger partial charge in [-0.1, -0.05) is 0 Å². The minimum atomic E-state index is 0.471. The van der Waals surface area contributed by atoms with E-state index in [0.29, 0.717) is 29.9 Å². The second-order valence-corrected chi connectivity index (χ2v) is 16.6. The third kappa shape index (κ3) is 5.24. The van der Waals surface area contributed by atoms with Crippen molar-refractivity contribution in [3.8, 4) is 0 Å². The molecule has 0 N–H and O–H groups in total. The van der Waals surface area contributed by atoms with E-state index in [1.807, 2.05) is 24.8 Å². The van der Waals surface area contributed by atoms with Crippen LogP contribution in [0.2, 0.25) is 0 Å². The van der Waals surface area contributed by atoms with Gasteiger partial charge in [0.05, 0.1) is 0 Å². The average molecular weight is 585 g/mol. The molecule has 3 aliphatic rings. The van der Waals surface area contributed by atoms with E-state index in [2.05, 4.69) is 81.3 Å². The number of rotatable bonds is 6. The summed E-state index contributed by atoms with van der Waals surface area (Å²) in [5.74, 6) is 0. The molecule has 1 aliphatic carbocycles. The number of allylic oxidation sites excluding steroid dienone is 2. The molecule has 0 aromatic carbocycles. The Bertz CT molecular complexity index is 915. The second kappa shape index (κ2) is 10.1. The number of pyridine rings is 2. The number of nitrogens with zero attached hydrogens (tertiary/aromatic N) is 2. The first-order valence-corrected chi connectivity index (χ1v) is 16.7. The zero-order valence-corrected chi connectivity index (χ0v) is 22.2. The van der Waals surface area contributed by atoms with Crippen LogP contribution in [0, 0.1) is 0 Å². The summed E-state index contributed by atoms with van der Waals surface area (Å²) >= 11 is 9.20. The van der Waals surface area contributed by atoms with E-state index in [1.165, 1.54) is 30.4 Å². The van der Waals surface area contributed by atoms with Crippen LogP contribution in [0.1, 0.15) is 30.4 Å². The maximum atomic E-state index is 4.29. The summed E-state index contributed by atoms with van der Waals surface area (Å²) in [5.41, 5.74) is 2.71. The van der Waals surface area contributed by atoms with E-state index in [9.17, 15) is 0 Å². The van der Waals surface area contributed by atoms with Crippen molar-refractivity contribution >= 4 is 77.0 Å². The van der Waals surface area contributed by atoms with Crippen molar-refractivity contribution in [3.63, 3.8) is 0 Å². The predicted octanol–water partition coefficient (Wildman–Crippen LogP) is 6.19. The van der Waals surface area contributed by atoms with Gasteiger partial charge in [0.1, 0.15) is 0 Å². The van der Waals surface area contributed by atoms with Crippen molar-refractivity contribution < 1.29 is 0 Å². The van der Waals surface area contributed by atoms with Crippen LogP contribution in [0.5, 0.6) is 0 Å². The van der Waals surface area contributed by atoms with E-state index >= 15 is 0 Å². The molecule has 148 valence electrons. The van der Waals surface area contributed by atoms with Gasteiger partial charge in [0.2, 0.25) is 0 Å². The summed E-state index contributed by atoms with van der Waals surface area (Å²) in [7, 11) is 0. The first kappa shape index (κ1) is 20.8. The van der Waals surface area contributed by atoms with Crippen molar-refractivity contribution in [2.45, 2.75) is 29.9 Å². The van der Waals surface area contributed by atoms with Crippen LogP contribution in [0.15, 0.2) is 74.9 Å². The molecule has 0 unspecified atom stereocenters. The molecule has 0 saturated heterocycles. The number of thioether (sulfide) groups is 4. The van der Waals surface area contributed by atoms with Crippen LogP contribution < -0.4 is 0 Å². The molecule has 2 nitrogen and oxygen atoms in total. The monoisotopic (exact) mass is 586 g/mol. The fraction of sp³-hybridized carbons (Fsp3) is 0.238. The van der Waals surface area contributed by atoms with E-state index in [0.717, 1.165) is 10.6 Å². The molecule has 0 bridgehead atoms. The zero-order valence-electron chi connectivity index (χ0n) is 15.5. The van der Waals surface area contributed by atoms with Gasteiger partial charge in [-0.2, -0.15) is 0 Å². The Morgan fingerprint density at radius 2 is 1.24 bits per heavy atom. The van der Waals surface area contributed by atoms with E-state index in [4.69, 9.17) is 0 Å². The quantitative estimate of drug-likeness (QED) is 0.376. The van der Waals surface area contributed by atoms with Gasteiger partial charge >= 0.3 is 203 Å². The standard InChI is InChI=1S/C21H18N2S4Se2/c1-6-16-17(7-1)25-18(24-16)19-26-20(28-12-14-4-2-8-22-10-14)21(27-19)29-13-15-5-3-9-23-11-15/h2-5,8-11H,1,6-7,12-13H2. The Morgan fingerprint density at radius 3 is 1.72 bits per heavy atom. The molecule has 2 aromatic heterocycles.